The summed E-state index contributed by atoms with van der Waals surface area (Å²) in [5, 5.41) is 2.09. The number of amides is 3. The number of rotatable bonds is 1. The number of carbonyl (C=O) groups excluding carboxylic acids is 2. The Kier molecular flexibility index (Phi) is 3.65. The maximum absolute atomic E-state index is 12.6. The van der Waals surface area contributed by atoms with E-state index < -0.39 is 6.03 Å². The molecule has 2 aliphatic heterocycles. The Morgan fingerprint density at radius 3 is 2.95 bits per heavy atom. The molecule has 6 heteroatoms. The van der Waals surface area contributed by atoms with Crippen LogP contribution < -0.4 is 5.73 Å². The maximum Gasteiger partial charge on any atom is 0.314 e. The van der Waals surface area contributed by atoms with Crippen LogP contribution in [0.15, 0.2) is 11.4 Å². The van der Waals surface area contributed by atoms with Crippen LogP contribution in [0.4, 0.5) is 4.79 Å². The quantitative estimate of drug-likeness (QED) is 0.851. The van der Waals surface area contributed by atoms with Gasteiger partial charge in [0.25, 0.3) is 0 Å². The van der Waals surface area contributed by atoms with E-state index in [9.17, 15) is 9.59 Å². The van der Waals surface area contributed by atoms with Crippen molar-refractivity contribution in [2.45, 2.75) is 25.8 Å². The molecule has 3 rings (SSSR count). The fourth-order valence-electron chi connectivity index (χ4n) is 3.07. The summed E-state index contributed by atoms with van der Waals surface area (Å²) in [4.78, 5) is 28.8. The summed E-state index contributed by atoms with van der Waals surface area (Å²) in [7, 11) is 0. The summed E-state index contributed by atoms with van der Waals surface area (Å²) in [5.74, 6) is 0.0873. The van der Waals surface area contributed by atoms with Crippen LogP contribution in [0.5, 0.6) is 0 Å². The maximum atomic E-state index is 12.6. The van der Waals surface area contributed by atoms with Crippen LogP contribution in [0.2, 0.25) is 0 Å². The molecule has 1 saturated heterocycles. The minimum Gasteiger partial charge on any atom is -0.351 e. The van der Waals surface area contributed by atoms with E-state index in [2.05, 4.69) is 11.4 Å². The molecule has 0 aromatic carbocycles. The van der Waals surface area contributed by atoms with Crippen molar-refractivity contribution in [3.05, 3.63) is 21.9 Å². The normalized spacial score (nSPS) is 22.5. The predicted octanol–water partition coefficient (Wildman–Crippen LogP) is 1.42. The number of primary amides is 1. The van der Waals surface area contributed by atoms with Crippen molar-refractivity contribution >= 4 is 23.3 Å². The smallest absolute Gasteiger partial charge is 0.314 e. The third-order valence-electron chi connectivity index (χ3n) is 4.20. The molecule has 3 amide bonds. The highest BCUT2D eigenvalue weighted by atomic mass is 32.1. The molecular weight excluding hydrogens is 274 g/mol. The first-order chi connectivity index (χ1) is 9.65. The van der Waals surface area contributed by atoms with Gasteiger partial charge in [-0.25, -0.2) is 4.79 Å². The van der Waals surface area contributed by atoms with Crippen molar-refractivity contribution in [1.29, 1.82) is 0 Å². The monoisotopic (exact) mass is 293 g/mol. The molecule has 0 spiro atoms. The molecule has 108 valence electrons. The summed E-state index contributed by atoms with van der Waals surface area (Å²) in [6.07, 6.45) is 2.66. The van der Waals surface area contributed by atoms with Crippen LogP contribution in [-0.4, -0.2) is 41.4 Å². The van der Waals surface area contributed by atoms with E-state index in [1.54, 1.807) is 16.2 Å². The Bertz CT molecular complexity index is 528. The Morgan fingerprint density at radius 1 is 1.30 bits per heavy atom. The number of fused-ring (bicyclic) bond motifs is 1. The number of nitrogens with two attached hydrogens (primary N) is 1. The first-order valence-electron chi connectivity index (χ1n) is 7.03. The number of urea groups is 1. The molecule has 20 heavy (non-hydrogen) atoms. The lowest BCUT2D eigenvalue weighted by Gasteiger charge is -2.35. The molecule has 1 fully saturated rings. The molecule has 0 aliphatic carbocycles. The van der Waals surface area contributed by atoms with Gasteiger partial charge < -0.3 is 15.5 Å². The Morgan fingerprint density at radius 2 is 2.15 bits per heavy atom. The molecule has 0 radical (unpaired) electrons. The van der Waals surface area contributed by atoms with Crippen LogP contribution in [0.1, 0.15) is 23.3 Å². The van der Waals surface area contributed by atoms with Gasteiger partial charge in [0.15, 0.2) is 0 Å². The van der Waals surface area contributed by atoms with Crippen molar-refractivity contribution in [2.24, 2.45) is 11.7 Å². The number of carbonyl (C=O) groups is 2. The molecule has 0 unspecified atom stereocenters. The Balaban J connectivity index is 1.66. The fourth-order valence-corrected chi connectivity index (χ4v) is 3.96. The van der Waals surface area contributed by atoms with E-state index in [0.717, 1.165) is 25.8 Å². The molecule has 1 atom stereocenters. The molecule has 2 N–H and O–H groups in total. The third kappa shape index (κ3) is 2.52. The van der Waals surface area contributed by atoms with Crippen molar-refractivity contribution in [3.63, 3.8) is 0 Å². The number of hydrogen-bond acceptors (Lipinski definition) is 3. The van der Waals surface area contributed by atoms with Crippen LogP contribution in [-0.2, 0) is 17.8 Å². The van der Waals surface area contributed by atoms with Gasteiger partial charge in [-0.3, -0.25) is 4.79 Å². The van der Waals surface area contributed by atoms with Gasteiger partial charge in [-0.1, -0.05) is 0 Å². The van der Waals surface area contributed by atoms with Gasteiger partial charge in [-0.05, 0) is 36.3 Å². The standard InChI is InChI=1S/C14H19N3O2S/c15-14(19)17-5-1-2-11(9-17)13(18)16-6-3-12-10(8-16)4-7-20-12/h4,7,11H,1-3,5-6,8-9H2,(H2,15,19)/t11-/m1/s1. The first kappa shape index (κ1) is 13.4. The highest BCUT2D eigenvalue weighted by Crippen LogP contribution is 2.26. The van der Waals surface area contributed by atoms with Gasteiger partial charge in [0.1, 0.15) is 0 Å². The van der Waals surface area contributed by atoms with E-state index in [1.807, 2.05) is 4.90 Å². The SMILES string of the molecule is NC(=O)N1CCC[C@@H](C(=O)N2CCc3sccc3C2)C1. The van der Waals surface area contributed by atoms with E-state index in [4.69, 9.17) is 5.73 Å². The van der Waals surface area contributed by atoms with Gasteiger partial charge in [0.05, 0.1) is 5.92 Å². The molecule has 3 heterocycles. The summed E-state index contributed by atoms with van der Waals surface area (Å²) in [5.41, 5.74) is 6.60. The van der Waals surface area contributed by atoms with E-state index in [-0.39, 0.29) is 11.8 Å². The molecular formula is C14H19N3O2S. The highest BCUT2D eigenvalue weighted by molar-refractivity contribution is 7.10. The molecule has 5 nitrogen and oxygen atoms in total. The van der Waals surface area contributed by atoms with Gasteiger partial charge in [-0.15, -0.1) is 11.3 Å². The average molecular weight is 293 g/mol. The van der Waals surface area contributed by atoms with Crippen LogP contribution in [0.3, 0.4) is 0 Å². The fraction of sp³-hybridized carbons (Fsp3) is 0.571. The highest BCUT2D eigenvalue weighted by Gasteiger charge is 2.32. The molecule has 2 aliphatic rings. The second-order valence-corrected chi connectivity index (χ2v) is 6.50. The first-order valence-corrected chi connectivity index (χ1v) is 7.91. The van der Waals surface area contributed by atoms with Crippen LogP contribution in [0, 0.1) is 5.92 Å². The summed E-state index contributed by atoms with van der Waals surface area (Å²) >= 11 is 1.77. The molecule has 1 aromatic heterocycles. The van der Waals surface area contributed by atoms with Crippen molar-refractivity contribution in [2.75, 3.05) is 19.6 Å². The molecule has 0 bridgehead atoms. The topological polar surface area (TPSA) is 66.6 Å². The van der Waals surface area contributed by atoms with Crippen LogP contribution in [0.25, 0.3) is 0 Å². The van der Waals surface area contributed by atoms with Crippen LogP contribution >= 0.6 is 11.3 Å². The van der Waals surface area contributed by atoms with Gasteiger partial charge >= 0.3 is 6.03 Å². The summed E-state index contributed by atoms with van der Waals surface area (Å²) in [6, 6.07) is 1.69. The number of piperidine rings is 1. The number of hydrogen-bond donors (Lipinski definition) is 1. The number of likely N-dealkylation sites (tertiary alicyclic amines) is 1. The Labute approximate surface area is 122 Å². The van der Waals surface area contributed by atoms with Gasteiger partial charge in [0, 0.05) is 31.1 Å². The van der Waals surface area contributed by atoms with Crippen molar-refractivity contribution in [1.82, 2.24) is 9.80 Å². The predicted molar refractivity (Wildman–Crippen MR) is 77.3 cm³/mol. The zero-order chi connectivity index (χ0) is 14.1. The van der Waals surface area contributed by atoms with Crippen molar-refractivity contribution < 1.29 is 9.59 Å². The molecule has 0 saturated carbocycles. The Hall–Kier alpha value is -1.56. The minimum absolute atomic E-state index is 0.0866. The number of nitrogens with zero attached hydrogens (tertiary/aromatic N) is 2. The zero-order valence-corrected chi connectivity index (χ0v) is 12.2. The lowest BCUT2D eigenvalue weighted by molar-refractivity contribution is -0.137. The van der Waals surface area contributed by atoms with E-state index >= 15 is 0 Å². The zero-order valence-electron chi connectivity index (χ0n) is 11.4. The molecule has 1 aromatic rings. The largest absolute Gasteiger partial charge is 0.351 e. The lowest BCUT2D eigenvalue weighted by atomic mass is 9.95. The summed E-state index contributed by atoms with van der Waals surface area (Å²) < 4.78 is 0. The average Bonchev–Trinajstić information content (AvgIpc) is 2.94. The van der Waals surface area contributed by atoms with E-state index in [1.165, 1.54) is 10.4 Å². The summed E-state index contributed by atoms with van der Waals surface area (Å²) in [6.45, 7) is 2.65. The third-order valence-corrected chi connectivity index (χ3v) is 5.22. The second kappa shape index (κ2) is 5.44. The van der Waals surface area contributed by atoms with Gasteiger partial charge in [-0.2, -0.15) is 0 Å². The lowest BCUT2D eigenvalue weighted by Crippen LogP contribution is -2.49. The minimum atomic E-state index is -0.415. The van der Waals surface area contributed by atoms with Crippen molar-refractivity contribution in [3.8, 4) is 0 Å². The van der Waals surface area contributed by atoms with E-state index in [0.29, 0.717) is 19.6 Å². The van der Waals surface area contributed by atoms with Gasteiger partial charge in [0.2, 0.25) is 5.91 Å². The number of thiophene rings is 1. The second-order valence-electron chi connectivity index (χ2n) is 5.50.